The molecule has 0 aliphatic rings. The Labute approximate surface area is 88.3 Å². The van der Waals surface area contributed by atoms with Crippen molar-refractivity contribution in [3.8, 4) is 0 Å². The molecule has 0 saturated carbocycles. The molecule has 1 aromatic rings. The Morgan fingerprint density at radius 3 is 2.53 bits per heavy atom. The van der Waals surface area contributed by atoms with Crippen molar-refractivity contribution in [2.75, 3.05) is 7.11 Å². The van der Waals surface area contributed by atoms with Gasteiger partial charge in [0.05, 0.1) is 13.2 Å². The van der Waals surface area contributed by atoms with Gasteiger partial charge < -0.3 is 9.84 Å². The summed E-state index contributed by atoms with van der Waals surface area (Å²) < 4.78 is 4.88. The van der Waals surface area contributed by atoms with Gasteiger partial charge in [-0.1, -0.05) is 36.4 Å². The summed E-state index contributed by atoms with van der Waals surface area (Å²) in [4.78, 5) is 10.4. The van der Waals surface area contributed by atoms with Crippen molar-refractivity contribution in [3.63, 3.8) is 0 Å². The van der Waals surface area contributed by atoms with E-state index >= 15 is 0 Å². The molecule has 0 aliphatic carbocycles. The minimum atomic E-state index is -1.02. The number of carboxylic acid groups (broad SMARTS) is 1. The largest absolute Gasteiger partial charge is 0.496 e. The molecule has 0 amide bonds. The van der Waals surface area contributed by atoms with Crippen molar-refractivity contribution in [2.45, 2.75) is 0 Å². The lowest BCUT2D eigenvalue weighted by Crippen LogP contribution is -1.92. The van der Waals surface area contributed by atoms with Crippen LogP contribution in [0.4, 0.5) is 0 Å². The van der Waals surface area contributed by atoms with Crippen LogP contribution in [0.2, 0.25) is 0 Å². The average molecular weight is 204 g/mol. The van der Waals surface area contributed by atoms with Gasteiger partial charge in [-0.2, -0.15) is 0 Å². The molecule has 0 bridgehead atoms. The number of hydrogen-bond donors (Lipinski definition) is 1. The third-order valence-electron chi connectivity index (χ3n) is 1.74. The van der Waals surface area contributed by atoms with Gasteiger partial charge in [0.15, 0.2) is 0 Å². The van der Waals surface area contributed by atoms with Crippen LogP contribution in [0.25, 0.3) is 6.08 Å². The maximum atomic E-state index is 10.4. The first-order chi connectivity index (χ1) is 7.22. The second-order valence-electron chi connectivity index (χ2n) is 2.83. The summed E-state index contributed by atoms with van der Waals surface area (Å²) in [7, 11) is 1.43. The fourth-order valence-corrected chi connectivity index (χ4v) is 1.04. The van der Waals surface area contributed by atoms with Gasteiger partial charge in [0.25, 0.3) is 0 Å². The van der Waals surface area contributed by atoms with Crippen LogP contribution < -0.4 is 0 Å². The highest BCUT2D eigenvalue weighted by Crippen LogP contribution is 2.05. The van der Waals surface area contributed by atoms with Crippen LogP contribution in [0.5, 0.6) is 0 Å². The summed E-state index contributed by atoms with van der Waals surface area (Å²) in [5.41, 5.74) is 0.992. The normalized spacial score (nSPS) is 11.7. The monoisotopic (exact) mass is 204 g/mol. The Hall–Kier alpha value is -2.03. The van der Waals surface area contributed by atoms with E-state index in [1.54, 1.807) is 12.2 Å². The van der Waals surface area contributed by atoms with Crippen molar-refractivity contribution in [2.24, 2.45) is 0 Å². The van der Waals surface area contributed by atoms with Crippen molar-refractivity contribution >= 4 is 12.0 Å². The number of aliphatic carboxylic acids is 1. The number of carboxylic acids is 1. The SMILES string of the molecule is COC(C=Cc1ccccc1)=CC(=O)O. The fourth-order valence-electron chi connectivity index (χ4n) is 1.04. The highest BCUT2D eigenvalue weighted by molar-refractivity contribution is 5.81. The van der Waals surface area contributed by atoms with E-state index in [1.165, 1.54) is 7.11 Å². The van der Waals surface area contributed by atoms with E-state index in [0.717, 1.165) is 11.6 Å². The predicted molar refractivity (Wildman–Crippen MR) is 58.2 cm³/mol. The summed E-state index contributed by atoms with van der Waals surface area (Å²) in [5.74, 6) is -0.712. The van der Waals surface area contributed by atoms with Crippen LogP contribution >= 0.6 is 0 Å². The van der Waals surface area contributed by atoms with Gasteiger partial charge >= 0.3 is 5.97 Å². The van der Waals surface area contributed by atoms with Gasteiger partial charge in [0, 0.05) is 0 Å². The Morgan fingerprint density at radius 2 is 2.00 bits per heavy atom. The molecule has 1 rings (SSSR count). The lowest BCUT2D eigenvalue weighted by Gasteiger charge is -1.98. The first kappa shape index (κ1) is 11.0. The third-order valence-corrected chi connectivity index (χ3v) is 1.74. The highest BCUT2D eigenvalue weighted by atomic mass is 16.5. The molecule has 0 heterocycles. The van der Waals surface area contributed by atoms with E-state index in [4.69, 9.17) is 9.84 Å². The standard InChI is InChI=1S/C12H12O3/c1-15-11(9-12(13)14)8-7-10-5-3-2-4-6-10/h2-9H,1H3,(H,13,14). The summed E-state index contributed by atoms with van der Waals surface area (Å²) in [6, 6.07) is 9.58. The van der Waals surface area contributed by atoms with Crippen LogP contribution in [0.15, 0.2) is 48.2 Å². The number of hydrogen-bond acceptors (Lipinski definition) is 2. The fraction of sp³-hybridized carbons (Fsp3) is 0.0833. The average Bonchev–Trinajstić information content (AvgIpc) is 2.25. The lowest BCUT2D eigenvalue weighted by molar-refractivity contribution is -0.131. The van der Waals surface area contributed by atoms with E-state index in [-0.39, 0.29) is 0 Å². The third kappa shape index (κ3) is 4.13. The first-order valence-corrected chi connectivity index (χ1v) is 4.44. The number of benzene rings is 1. The predicted octanol–water partition coefficient (Wildman–Crippen LogP) is 2.31. The zero-order chi connectivity index (χ0) is 11.1. The molecule has 0 spiro atoms. The van der Waals surface area contributed by atoms with E-state index in [0.29, 0.717) is 5.76 Å². The number of carbonyl (C=O) groups is 1. The van der Waals surface area contributed by atoms with E-state index in [2.05, 4.69) is 0 Å². The Kier molecular flexibility index (Phi) is 4.16. The quantitative estimate of drug-likeness (QED) is 0.465. The molecule has 3 heteroatoms. The van der Waals surface area contributed by atoms with Crippen molar-refractivity contribution in [3.05, 3.63) is 53.8 Å². The smallest absolute Gasteiger partial charge is 0.332 e. The molecule has 78 valence electrons. The van der Waals surface area contributed by atoms with Crippen LogP contribution in [-0.4, -0.2) is 18.2 Å². The van der Waals surface area contributed by atoms with Gasteiger partial charge in [-0.15, -0.1) is 0 Å². The summed E-state index contributed by atoms with van der Waals surface area (Å²) in [5, 5.41) is 8.52. The molecule has 0 unspecified atom stereocenters. The second kappa shape index (κ2) is 5.65. The molecule has 0 aromatic heterocycles. The summed E-state index contributed by atoms with van der Waals surface area (Å²) >= 11 is 0. The minimum absolute atomic E-state index is 0.311. The molecule has 1 N–H and O–H groups in total. The van der Waals surface area contributed by atoms with Crippen LogP contribution in [0.3, 0.4) is 0 Å². The molecular weight excluding hydrogens is 192 g/mol. The first-order valence-electron chi connectivity index (χ1n) is 4.44. The minimum Gasteiger partial charge on any atom is -0.496 e. The van der Waals surface area contributed by atoms with Gasteiger partial charge in [0.1, 0.15) is 5.76 Å². The van der Waals surface area contributed by atoms with Gasteiger partial charge in [-0.25, -0.2) is 4.79 Å². The van der Waals surface area contributed by atoms with E-state index in [9.17, 15) is 4.79 Å². The van der Waals surface area contributed by atoms with Crippen molar-refractivity contribution in [1.29, 1.82) is 0 Å². The Morgan fingerprint density at radius 1 is 1.33 bits per heavy atom. The number of ether oxygens (including phenoxy) is 1. The van der Waals surface area contributed by atoms with Gasteiger partial charge in [-0.3, -0.25) is 0 Å². The molecular formula is C12H12O3. The van der Waals surface area contributed by atoms with Crippen LogP contribution in [0.1, 0.15) is 5.56 Å². The zero-order valence-electron chi connectivity index (χ0n) is 8.38. The molecule has 0 atom stereocenters. The summed E-state index contributed by atoms with van der Waals surface area (Å²) in [6.45, 7) is 0. The molecule has 0 fully saturated rings. The molecule has 3 nitrogen and oxygen atoms in total. The van der Waals surface area contributed by atoms with E-state index in [1.807, 2.05) is 30.3 Å². The number of allylic oxidation sites excluding steroid dienone is 1. The Bertz CT molecular complexity index is 377. The van der Waals surface area contributed by atoms with Gasteiger partial charge in [-0.05, 0) is 11.6 Å². The molecule has 0 radical (unpaired) electrons. The van der Waals surface area contributed by atoms with Crippen LogP contribution in [0, 0.1) is 0 Å². The summed E-state index contributed by atoms with van der Waals surface area (Å²) in [6.07, 6.45) is 4.42. The lowest BCUT2D eigenvalue weighted by atomic mass is 10.2. The number of methoxy groups -OCH3 is 1. The van der Waals surface area contributed by atoms with Crippen LogP contribution in [-0.2, 0) is 9.53 Å². The van der Waals surface area contributed by atoms with Crippen molar-refractivity contribution in [1.82, 2.24) is 0 Å². The maximum absolute atomic E-state index is 10.4. The molecule has 1 aromatic carbocycles. The van der Waals surface area contributed by atoms with Gasteiger partial charge in [0.2, 0.25) is 0 Å². The topological polar surface area (TPSA) is 46.5 Å². The number of rotatable bonds is 4. The molecule has 0 aliphatic heterocycles. The van der Waals surface area contributed by atoms with Crippen molar-refractivity contribution < 1.29 is 14.6 Å². The zero-order valence-corrected chi connectivity index (χ0v) is 8.38. The Balaban J connectivity index is 2.76. The second-order valence-corrected chi connectivity index (χ2v) is 2.83. The highest BCUT2D eigenvalue weighted by Gasteiger charge is 1.94. The maximum Gasteiger partial charge on any atom is 0.332 e. The molecule has 0 saturated heterocycles. The van der Waals surface area contributed by atoms with E-state index < -0.39 is 5.97 Å². The molecule has 15 heavy (non-hydrogen) atoms.